The standard InChI is InChI=1S/2C20H15N3/c2*1-4-10-16(11-5-1)19-20(17-12-6-2-7-13-17)23(22-21-19)18-14-8-3-9-15-18/h2*1-15H. The van der Waals surface area contributed by atoms with Crippen molar-refractivity contribution in [2.24, 2.45) is 0 Å². The van der Waals surface area contributed by atoms with Crippen molar-refractivity contribution >= 4 is 0 Å². The van der Waals surface area contributed by atoms with E-state index in [0.717, 1.165) is 56.4 Å². The van der Waals surface area contributed by atoms with Crippen LogP contribution in [0.1, 0.15) is 0 Å². The van der Waals surface area contributed by atoms with Crippen molar-refractivity contribution < 1.29 is 0 Å². The minimum Gasteiger partial charge on any atom is -0.212 e. The van der Waals surface area contributed by atoms with Crippen LogP contribution < -0.4 is 0 Å². The van der Waals surface area contributed by atoms with Gasteiger partial charge in [0.15, 0.2) is 0 Å². The lowest BCUT2D eigenvalue weighted by Crippen LogP contribution is -1.99. The second kappa shape index (κ2) is 13.5. The van der Waals surface area contributed by atoms with Crippen molar-refractivity contribution in [2.45, 2.75) is 0 Å². The Morgan fingerprint density at radius 1 is 0.283 bits per heavy atom. The lowest BCUT2D eigenvalue weighted by Gasteiger charge is -2.08. The fourth-order valence-electron chi connectivity index (χ4n) is 5.35. The van der Waals surface area contributed by atoms with Gasteiger partial charge in [0.1, 0.15) is 22.8 Å². The first kappa shape index (κ1) is 28.4. The van der Waals surface area contributed by atoms with Gasteiger partial charge in [0, 0.05) is 22.3 Å². The molecule has 46 heavy (non-hydrogen) atoms. The number of nitrogens with zero attached hydrogens (tertiary/aromatic N) is 6. The monoisotopic (exact) mass is 594 g/mol. The summed E-state index contributed by atoms with van der Waals surface area (Å²) < 4.78 is 3.80. The van der Waals surface area contributed by atoms with E-state index in [1.807, 2.05) is 143 Å². The van der Waals surface area contributed by atoms with Gasteiger partial charge in [0.25, 0.3) is 0 Å². The smallest absolute Gasteiger partial charge is 0.121 e. The predicted molar refractivity (Wildman–Crippen MR) is 184 cm³/mol. The van der Waals surface area contributed by atoms with Crippen molar-refractivity contribution in [1.29, 1.82) is 0 Å². The largest absolute Gasteiger partial charge is 0.212 e. The van der Waals surface area contributed by atoms with Gasteiger partial charge < -0.3 is 0 Å². The summed E-state index contributed by atoms with van der Waals surface area (Å²) in [6.07, 6.45) is 0. The minimum atomic E-state index is 0.889. The Kier molecular flexibility index (Phi) is 8.32. The number of rotatable bonds is 6. The van der Waals surface area contributed by atoms with Crippen molar-refractivity contribution in [1.82, 2.24) is 30.0 Å². The Morgan fingerprint density at radius 3 is 0.848 bits per heavy atom. The molecule has 0 unspecified atom stereocenters. The summed E-state index contributed by atoms with van der Waals surface area (Å²) in [5.74, 6) is 0. The van der Waals surface area contributed by atoms with Crippen LogP contribution >= 0.6 is 0 Å². The molecule has 0 radical (unpaired) electrons. The fraction of sp³-hybridized carbons (Fsp3) is 0. The van der Waals surface area contributed by atoms with Gasteiger partial charge in [-0.05, 0) is 24.3 Å². The third-order valence-electron chi connectivity index (χ3n) is 7.53. The summed E-state index contributed by atoms with van der Waals surface area (Å²) in [6.45, 7) is 0. The summed E-state index contributed by atoms with van der Waals surface area (Å²) in [6, 6.07) is 61.0. The predicted octanol–water partition coefficient (Wildman–Crippen LogP) is 9.20. The molecule has 8 rings (SSSR count). The molecule has 6 nitrogen and oxygen atoms in total. The topological polar surface area (TPSA) is 61.4 Å². The molecular weight excluding hydrogens is 564 g/mol. The second-order valence-corrected chi connectivity index (χ2v) is 10.5. The zero-order chi connectivity index (χ0) is 31.0. The van der Waals surface area contributed by atoms with E-state index >= 15 is 0 Å². The van der Waals surface area contributed by atoms with Crippen molar-refractivity contribution in [2.75, 3.05) is 0 Å². The molecule has 0 bridgehead atoms. The Morgan fingerprint density at radius 2 is 0.543 bits per heavy atom. The van der Waals surface area contributed by atoms with Crippen molar-refractivity contribution in [3.63, 3.8) is 0 Å². The number of hydrogen-bond donors (Lipinski definition) is 0. The molecule has 6 aromatic carbocycles. The molecule has 0 saturated carbocycles. The van der Waals surface area contributed by atoms with Crippen LogP contribution in [0.4, 0.5) is 0 Å². The average molecular weight is 595 g/mol. The molecule has 0 aliphatic rings. The van der Waals surface area contributed by atoms with Gasteiger partial charge in [-0.3, -0.25) is 0 Å². The van der Waals surface area contributed by atoms with E-state index in [4.69, 9.17) is 0 Å². The SMILES string of the molecule is c1ccc(-c2nnn(-c3ccccc3)c2-c2ccccc2)cc1.c1ccc(-c2nnn(-c3ccccc3)c2-c2ccccc2)cc1. The van der Waals surface area contributed by atoms with Crippen LogP contribution in [0.15, 0.2) is 182 Å². The van der Waals surface area contributed by atoms with Crippen LogP contribution in [0.2, 0.25) is 0 Å². The minimum absolute atomic E-state index is 0.889. The molecule has 0 amide bonds. The fourth-order valence-corrected chi connectivity index (χ4v) is 5.35. The maximum atomic E-state index is 4.45. The lowest BCUT2D eigenvalue weighted by atomic mass is 10.0. The summed E-state index contributed by atoms with van der Waals surface area (Å²) in [4.78, 5) is 0. The van der Waals surface area contributed by atoms with E-state index in [1.165, 1.54) is 0 Å². The first-order valence-corrected chi connectivity index (χ1v) is 15.1. The third kappa shape index (κ3) is 6.00. The summed E-state index contributed by atoms with van der Waals surface area (Å²) in [5, 5.41) is 17.7. The van der Waals surface area contributed by atoms with Crippen LogP contribution in [-0.4, -0.2) is 30.0 Å². The molecule has 220 valence electrons. The molecule has 0 saturated heterocycles. The highest BCUT2D eigenvalue weighted by molar-refractivity contribution is 5.80. The van der Waals surface area contributed by atoms with Crippen LogP contribution in [0.5, 0.6) is 0 Å². The molecule has 0 N–H and O–H groups in total. The number of benzene rings is 6. The average Bonchev–Trinajstić information content (AvgIpc) is 3.80. The van der Waals surface area contributed by atoms with Crippen molar-refractivity contribution in [3.05, 3.63) is 182 Å². The van der Waals surface area contributed by atoms with E-state index in [2.05, 4.69) is 69.2 Å². The van der Waals surface area contributed by atoms with Gasteiger partial charge in [-0.15, -0.1) is 10.2 Å². The molecule has 0 atom stereocenters. The Balaban J connectivity index is 0.000000147. The van der Waals surface area contributed by atoms with E-state index in [9.17, 15) is 0 Å². The van der Waals surface area contributed by atoms with Crippen LogP contribution in [0.25, 0.3) is 56.4 Å². The lowest BCUT2D eigenvalue weighted by molar-refractivity contribution is 0.808. The van der Waals surface area contributed by atoms with Crippen LogP contribution in [0, 0.1) is 0 Å². The summed E-state index contributed by atoms with van der Waals surface area (Å²) in [7, 11) is 0. The third-order valence-corrected chi connectivity index (χ3v) is 7.53. The van der Waals surface area contributed by atoms with Gasteiger partial charge in [-0.25, -0.2) is 9.36 Å². The molecule has 8 aromatic rings. The Bertz CT molecular complexity index is 1840. The normalized spacial score (nSPS) is 10.6. The van der Waals surface area contributed by atoms with Gasteiger partial charge in [-0.2, -0.15) is 0 Å². The maximum Gasteiger partial charge on any atom is 0.121 e. The first-order chi connectivity index (χ1) is 22.9. The molecule has 0 fully saturated rings. The molecule has 2 aromatic heterocycles. The van der Waals surface area contributed by atoms with Gasteiger partial charge in [-0.1, -0.05) is 168 Å². The number of hydrogen-bond acceptors (Lipinski definition) is 4. The van der Waals surface area contributed by atoms with Gasteiger partial charge in [0.05, 0.1) is 11.4 Å². The van der Waals surface area contributed by atoms with E-state index in [0.29, 0.717) is 0 Å². The summed E-state index contributed by atoms with van der Waals surface area (Å²) >= 11 is 0. The maximum absolute atomic E-state index is 4.45. The number of para-hydroxylation sites is 2. The van der Waals surface area contributed by atoms with Crippen LogP contribution in [-0.2, 0) is 0 Å². The van der Waals surface area contributed by atoms with E-state index < -0.39 is 0 Å². The zero-order valence-corrected chi connectivity index (χ0v) is 25.0. The zero-order valence-electron chi connectivity index (χ0n) is 25.0. The molecule has 6 heteroatoms. The van der Waals surface area contributed by atoms with Crippen LogP contribution in [0.3, 0.4) is 0 Å². The molecule has 0 aliphatic heterocycles. The highest BCUT2D eigenvalue weighted by Crippen LogP contribution is 2.33. The number of aromatic nitrogens is 6. The highest BCUT2D eigenvalue weighted by atomic mass is 15.4. The Labute approximate surface area is 267 Å². The second-order valence-electron chi connectivity index (χ2n) is 10.5. The molecule has 2 heterocycles. The first-order valence-electron chi connectivity index (χ1n) is 15.1. The van der Waals surface area contributed by atoms with Crippen molar-refractivity contribution in [3.8, 4) is 56.4 Å². The molecule has 0 spiro atoms. The summed E-state index contributed by atoms with van der Waals surface area (Å²) in [5.41, 5.74) is 10.1. The van der Waals surface area contributed by atoms with E-state index in [1.54, 1.807) is 0 Å². The quantitative estimate of drug-likeness (QED) is 0.193. The van der Waals surface area contributed by atoms with Gasteiger partial charge >= 0.3 is 0 Å². The Hall–Kier alpha value is -6.40. The molecule has 0 aliphatic carbocycles. The highest BCUT2D eigenvalue weighted by Gasteiger charge is 2.18. The molecular formula is C40H30N6. The van der Waals surface area contributed by atoms with E-state index in [-0.39, 0.29) is 0 Å². The van der Waals surface area contributed by atoms with Gasteiger partial charge in [0.2, 0.25) is 0 Å².